The molecule has 0 saturated heterocycles. The molecule has 0 aromatic carbocycles. The average Bonchev–Trinajstić information content (AvgIpc) is 2.91. The molecular weight excluding hydrogens is 398 g/mol. The van der Waals surface area contributed by atoms with Crippen molar-refractivity contribution >= 4 is 5.97 Å². The van der Waals surface area contributed by atoms with Crippen LogP contribution in [-0.4, -0.2) is 34.4 Å². The highest BCUT2D eigenvalue weighted by molar-refractivity contribution is 5.66. The van der Waals surface area contributed by atoms with Crippen LogP contribution in [0.3, 0.4) is 0 Å². The van der Waals surface area contributed by atoms with E-state index in [0.717, 1.165) is 12.8 Å². The fourth-order valence-electron chi connectivity index (χ4n) is 9.58. The molecule has 4 nitrogen and oxygen atoms in total. The molecule has 3 N–H and O–H groups in total. The maximum Gasteiger partial charge on any atom is 0.303 e. The molecule has 4 heteroatoms. The van der Waals surface area contributed by atoms with E-state index in [4.69, 9.17) is 0 Å². The van der Waals surface area contributed by atoms with Gasteiger partial charge in [0.05, 0.1) is 6.10 Å². The Hall–Kier alpha value is -0.610. The van der Waals surface area contributed by atoms with Crippen LogP contribution in [0.1, 0.15) is 105 Å². The Morgan fingerprint density at radius 1 is 1.03 bits per heavy atom. The number of nitrogens with one attached hydrogen (secondary N) is 1. The monoisotopic (exact) mass is 447 g/mol. The van der Waals surface area contributed by atoms with Gasteiger partial charge in [0.25, 0.3) is 0 Å². The van der Waals surface area contributed by atoms with Crippen LogP contribution < -0.4 is 5.32 Å². The van der Waals surface area contributed by atoms with Crippen LogP contribution in [0.5, 0.6) is 0 Å². The van der Waals surface area contributed by atoms with E-state index in [1.54, 1.807) is 0 Å². The highest BCUT2D eigenvalue weighted by Crippen LogP contribution is 2.66. The van der Waals surface area contributed by atoms with Gasteiger partial charge in [-0.3, -0.25) is 4.79 Å². The van der Waals surface area contributed by atoms with Crippen molar-refractivity contribution in [1.29, 1.82) is 0 Å². The van der Waals surface area contributed by atoms with Crippen molar-refractivity contribution in [2.45, 2.75) is 123 Å². The predicted molar refractivity (Wildman–Crippen MR) is 129 cm³/mol. The van der Waals surface area contributed by atoms with Gasteiger partial charge >= 0.3 is 5.97 Å². The minimum absolute atomic E-state index is 0.165. The van der Waals surface area contributed by atoms with E-state index in [0.29, 0.717) is 59.4 Å². The number of aliphatic hydroxyl groups excluding tert-OH is 1. The molecule has 2 unspecified atom stereocenters. The van der Waals surface area contributed by atoms with Gasteiger partial charge in [-0.15, -0.1) is 0 Å². The summed E-state index contributed by atoms with van der Waals surface area (Å²) in [6.07, 6.45) is 12.0. The van der Waals surface area contributed by atoms with Gasteiger partial charge in [-0.05, 0) is 111 Å². The van der Waals surface area contributed by atoms with Gasteiger partial charge in [-0.1, -0.05) is 34.6 Å². The van der Waals surface area contributed by atoms with Crippen LogP contribution in [0.4, 0.5) is 0 Å². The van der Waals surface area contributed by atoms with Crippen LogP contribution in [0.15, 0.2) is 0 Å². The fourth-order valence-corrected chi connectivity index (χ4v) is 9.58. The van der Waals surface area contributed by atoms with Crippen molar-refractivity contribution in [2.24, 2.45) is 46.3 Å². The van der Waals surface area contributed by atoms with E-state index in [-0.39, 0.29) is 11.5 Å². The molecular formula is C28H49NO3. The summed E-state index contributed by atoms with van der Waals surface area (Å²) >= 11 is 0. The number of carboxylic acids is 1. The SMILES string of the molecule is CC(C)NC1CC[C@@]2(C)C[C@H](C1)CC(O)[C@@H]1[C@@H]2CC[C@]2(C)[C@@H]([C@H](C)CCC(=O)O)CC[C@@H]12. The van der Waals surface area contributed by atoms with Gasteiger partial charge in [0, 0.05) is 18.5 Å². The fraction of sp³-hybridized carbons (Fsp3) is 0.964. The van der Waals surface area contributed by atoms with Gasteiger partial charge in [-0.2, -0.15) is 0 Å². The molecule has 0 aliphatic heterocycles. The Labute approximate surface area is 196 Å². The average molecular weight is 448 g/mol. The third-order valence-corrected chi connectivity index (χ3v) is 10.8. The standard InChI is InChI=1S/C28H49NO3/c1-17(2)29-20-10-12-27(4)16-19(14-20)15-24(30)26-22(27)11-13-28(5)21(7-8-23(26)28)18(3)6-9-25(31)32/h17-24,26,29-30H,6-16H2,1-5H3,(H,31,32)/t18-,19-,20?,21-,22+,23+,24?,26-,27+,28-/m1/s1. The summed E-state index contributed by atoms with van der Waals surface area (Å²) in [5.74, 6) is 2.73. The van der Waals surface area contributed by atoms with Gasteiger partial charge in [0.2, 0.25) is 0 Å². The number of carbonyl (C=O) groups is 1. The first-order valence-corrected chi connectivity index (χ1v) is 13.7. The van der Waals surface area contributed by atoms with Crippen molar-refractivity contribution in [3.63, 3.8) is 0 Å². The Morgan fingerprint density at radius 2 is 1.78 bits per heavy atom. The number of rotatable bonds is 6. The quantitative estimate of drug-likeness (QED) is 0.476. The van der Waals surface area contributed by atoms with Crippen LogP contribution in [-0.2, 0) is 4.79 Å². The lowest BCUT2D eigenvalue weighted by Crippen LogP contribution is -2.50. The lowest BCUT2D eigenvalue weighted by Gasteiger charge is -2.55. The normalized spacial score (nSPS) is 47.3. The third kappa shape index (κ3) is 4.52. The minimum atomic E-state index is -0.666. The zero-order valence-corrected chi connectivity index (χ0v) is 21.3. The van der Waals surface area contributed by atoms with E-state index < -0.39 is 5.97 Å². The topological polar surface area (TPSA) is 69.6 Å². The Balaban J connectivity index is 1.55. The van der Waals surface area contributed by atoms with Crippen molar-refractivity contribution in [3.05, 3.63) is 0 Å². The highest BCUT2D eigenvalue weighted by Gasteiger charge is 2.60. The molecule has 4 rings (SSSR count). The van der Waals surface area contributed by atoms with E-state index in [1.165, 1.54) is 51.4 Å². The lowest BCUT2D eigenvalue weighted by molar-refractivity contribution is -0.137. The first kappa shape index (κ1) is 24.5. The smallest absolute Gasteiger partial charge is 0.303 e. The molecule has 0 spiro atoms. The molecule has 184 valence electrons. The molecule has 4 aliphatic rings. The van der Waals surface area contributed by atoms with Crippen molar-refractivity contribution in [1.82, 2.24) is 5.32 Å². The largest absolute Gasteiger partial charge is 0.481 e. The van der Waals surface area contributed by atoms with E-state index in [9.17, 15) is 15.0 Å². The molecule has 0 aromatic heterocycles. The number of carboxylic acid groups (broad SMARTS) is 1. The zero-order valence-electron chi connectivity index (χ0n) is 21.3. The number of hydrogen-bond donors (Lipinski definition) is 3. The van der Waals surface area contributed by atoms with E-state index in [2.05, 4.69) is 39.9 Å². The first-order chi connectivity index (χ1) is 15.0. The number of fused-ring (bicyclic) bond motifs is 6. The molecule has 4 saturated carbocycles. The summed E-state index contributed by atoms with van der Waals surface area (Å²) in [4.78, 5) is 11.2. The molecule has 32 heavy (non-hydrogen) atoms. The highest BCUT2D eigenvalue weighted by atomic mass is 16.4. The summed E-state index contributed by atoms with van der Waals surface area (Å²) in [6, 6.07) is 1.13. The first-order valence-electron chi connectivity index (χ1n) is 13.7. The maximum absolute atomic E-state index is 11.7. The molecule has 2 bridgehead atoms. The van der Waals surface area contributed by atoms with Crippen LogP contribution in [0, 0.1) is 46.3 Å². The molecule has 0 amide bonds. The number of aliphatic hydroxyl groups is 1. The predicted octanol–water partition coefficient (Wildman–Crippen LogP) is 5.87. The van der Waals surface area contributed by atoms with Gasteiger partial charge in [0.1, 0.15) is 0 Å². The Morgan fingerprint density at radius 3 is 2.47 bits per heavy atom. The molecule has 4 aliphatic carbocycles. The van der Waals surface area contributed by atoms with Gasteiger partial charge in [-0.25, -0.2) is 0 Å². The lowest BCUT2D eigenvalue weighted by atomic mass is 9.51. The Bertz CT molecular complexity index is 680. The molecule has 0 aromatic rings. The van der Waals surface area contributed by atoms with Gasteiger partial charge < -0.3 is 15.5 Å². The summed E-state index contributed by atoms with van der Waals surface area (Å²) < 4.78 is 0. The zero-order chi connectivity index (χ0) is 23.3. The van der Waals surface area contributed by atoms with Crippen LogP contribution in [0.2, 0.25) is 0 Å². The summed E-state index contributed by atoms with van der Waals surface area (Å²) in [7, 11) is 0. The third-order valence-electron chi connectivity index (χ3n) is 10.8. The molecule has 10 atom stereocenters. The van der Waals surface area contributed by atoms with Crippen molar-refractivity contribution in [2.75, 3.05) is 0 Å². The van der Waals surface area contributed by atoms with E-state index in [1.807, 2.05) is 0 Å². The van der Waals surface area contributed by atoms with E-state index >= 15 is 0 Å². The maximum atomic E-state index is 11.7. The van der Waals surface area contributed by atoms with Crippen LogP contribution >= 0.6 is 0 Å². The van der Waals surface area contributed by atoms with Crippen molar-refractivity contribution < 1.29 is 15.0 Å². The second-order valence-corrected chi connectivity index (χ2v) is 13.2. The second kappa shape index (κ2) is 9.21. The summed E-state index contributed by atoms with van der Waals surface area (Å²) in [5, 5.41) is 24.7. The minimum Gasteiger partial charge on any atom is -0.481 e. The van der Waals surface area contributed by atoms with Crippen molar-refractivity contribution in [3.8, 4) is 0 Å². The number of aliphatic carboxylic acids is 1. The number of hydrogen-bond acceptors (Lipinski definition) is 3. The molecule has 4 fully saturated rings. The molecule has 0 radical (unpaired) electrons. The summed E-state index contributed by atoms with van der Waals surface area (Å²) in [6.45, 7) is 11.9. The Kier molecular flexibility index (Phi) is 7.05. The molecule has 0 heterocycles. The van der Waals surface area contributed by atoms with Gasteiger partial charge in [0.15, 0.2) is 0 Å². The van der Waals surface area contributed by atoms with Crippen LogP contribution in [0.25, 0.3) is 0 Å². The second-order valence-electron chi connectivity index (χ2n) is 13.2. The summed E-state index contributed by atoms with van der Waals surface area (Å²) in [5.41, 5.74) is 0.626.